The number of aliphatic carboxylic acids is 1. The van der Waals surface area contributed by atoms with Gasteiger partial charge >= 0.3 is 12.0 Å². The highest BCUT2D eigenvalue weighted by molar-refractivity contribution is 5.78. The summed E-state index contributed by atoms with van der Waals surface area (Å²) in [6.07, 6.45) is 2.05. The Kier molecular flexibility index (Phi) is 6.26. The third kappa shape index (κ3) is 4.37. The van der Waals surface area contributed by atoms with E-state index in [9.17, 15) is 14.7 Å². The zero-order chi connectivity index (χ0) is 15.2. The quantitative estimate of drug-likeness (QED) is 0.728. The Morgan fingerprint density at radius 2 is 2.15 bits per heavy atom. The molecule has 0 radical (unpaired) electrons. The van der Waals surface area contributed by atoms with Crippen LogP contribution < -0.4 is 5.32 Å². The van der Waals surface area contributed by atoms with Crippen molar-refractivity contribution in [2.24, 2.45) is 5.41 Å². The third-order valence-corrected chi connectivity index (χ3v) is 3.82. The number of carboxylic acids is 1. The Labute approximate surface area is 120 Å². The highest BCUT2D eigenvalue weighted by atomic mass is 16.5. The maximum atomic E-state index is 12.0. The van der Waals surface area contributed by atoms with Crippen molar-refractivity contribution in [2.75, 3.05) is 26.2 Å². The van der Waals surface area contributed by atoms with E-state index in [1.165, 1.54) is 0 Å². The number of ether oxygens (including phenoxy) is 1. The molecule has 1 heterocycles. The Morgan fingerprint density at radius 3 is 2.70 bits per heavy atom. The van der Waals surface area contributed by atoms with Crippen molar-refractivity contribution in [2.45, 2.75) is 46.1 Å². The van der Waals surface area contributed by atoms with Gasteiger partial charge in [0.25, 0.3) is 0 Å². The second-order valence-electron chi connectivity index (χ2n) is 5.62. The van der Waals surface area contributed by atoms with Crippen LogP contribution in [0.4, 0.5) is 4.79 Å². The molecule has 0 saturated carbocycles. The highest BCUT2D eigenvalue weighted by Crippen LogP contribution is 2.33. The number of nitrogens with zero attached hydrogens (tertiary/aromatic N) is 1. The molecule has 0 aromatic rings. The summed E-state index contributed by atoms with van der Waals surface area (Å²) in [6, 6.07) is -0.198. The molecule has 1 saturated heterocycles. The number of piperidine rings is 1. The van der Waals surface area contributed by atoms with Gasteiger partial charge in [0.15, 0.2) is 0 Å². The molecule has 0 bridgehead atoms. The molecule has 6 heteroatoms. The minimum atomic E-state index is -0.805. The predicted octanol–water partition coefficient (Wildman–Crippen LogP) is 1.70. The third-order valence-electron chi connectivity index (χ3n) is 3.82. The van der Waals surface area contributed by atoms with Crippen molar-refractivity contribution < 1.29 is 19.4 Å². The first-order chi connectivity index (χ1) is 9.41. The molecule has 2 N–H and O–H groups in total. The molecule has 1 aliphatic heterocycles. The van der Waals surface area contributed by atoms with Gasteiger partial charge in [-0.3, -0.25) is 4.79 Å². The number of amides is 2. The fourth-order valence-corrected chi connectivity index (χ4v) is 2.48. The van der Waals surface area contributed by atoms with Gasteiger partial charge in [-0.2, -0.15) is 0 Å². The number of rotatable bonds is 6. The second-order valence-corrected chi connectivity index (χ2v) is 5.62. The summed E-state index contributed by atoms with van der Waals surface area (Å²) in [7, 11) is 0. The van der Waals surface area contributed by atoms with Gasteiger partial charge in [0.1, 0.15) is 0 Å². The van der Waals surface area contributed by atoms with Crippen LogP contribution in [0.1, 0.15) is 40.0 Å². The number of likely N-dealkylation sites (tertiary alicyclic amines) is 1. The Bertz CT molecular complexity index is 346. The van der Waals surface area contributed by atoms with E-state index >= 15 is 0 Å². The van der Waals surface area contributed by atoms with E-state index in [4.69, 9.17) is 4.74 Å². The van der Waals surface area contributed by atoms with Crippen molar-refractivity contribution in [1.82, 2.24) is 10.2 Å². The molecule has 1 atom stereocenters. The van der Waals surface area contributed by atoms with E-state index in [2.05, 4.69) is 5.32 Å². The van der Waals surface area contributed by atoms with Crippen LogP contribution in [0.2, 0.25) is 0 Å². The van der Waals surface area contributed by atoms with Gasteiger partial charge in [0.05, 0.1) is 18.1 Å². The highest BCUT2D eigenvalue weighted by Gasteiger charge is 2.42. The Balaban J connectivity index is 2.46. The van der Waals surface area contributed by atoms with Gasteiger partial charge in [-0.15, -0.1) is 0 Å². The van der Waals surface area contributed by atoms with Crippen LogP contribution in [0, 0.1) is 5.41 Å². The van der Waals surface area contributed by atoms with E-state index in [0.29, 0.717) is 32.5 Å². The molecule has 6 nitrogen and oxygen atoms in total. The number of hydrogen-bond donors (Lipinski definition) is 2. The topological polar surface area (TPSA) is 78.9 Å². The van der Waals surface area contributed by atoms with Gasteiger partial charge < -0.3 is 20.1 Å². The number of nitrogens with one attached hydrogen (secondary N) is 1. The fraction of sp³-hybridized carbons (Fsp3) is 0.857. The molecule has 20 heavy (non-hydrogen) atoms. The van der Waals surface area contributed by atoms with Crippen LogP contribution >= 0.6 is 0 Å². The number of hydrogen-bond acceptors (Lipinski definition) is 3. The first-order valence-electron chi connectivity index (χ1n) is 7.29. The maximum absolute atomic E-state index is 12.0. The summed E-state index contributed by atoms with van der Waals surface area (Å²) in [4.78, 5) is 25.1. The summed E-state index contributed by atoms with van der Waals surface area (Å²) < 4.78 is 5.35. The molecule has 0 aromatic heterocycles. The number of carboxylic acid groups (broad SMARTS) is 1. The van der Waals surface area contributed by atoms with Crippen molar-refractivity contribution in [3.8, 4) is 0 Å². The summed E-state index contributed by atoms with van der Waals surface area (Å²) in [6.45, 7) is 7.56. The average Bonchev–Trinajstić information content (AvgIpc) is 2.42. The first-order valence-corrected chi connectivity index (χ1v) is 7.29. The van der Waals surface area contributed by atoms with E-state index < -0.39 is 11.4 Å². The van der Waals surface area contributed by atoms with Gasteiger partial charge in [-0.1, -0.05) is 6.92 Å². The zero-order valence-corrected chi connectivity index (χ0v) is 12.6. The normalized spacial score (nSPS) is 22.9. The Morgan fingerprint density at radius 1 is 1.45 bits per heavy atom. The molecule has 1 unspecified atom stereocenters. The monoisotopic (exact) mass is 286 g/mol. The van der Waals surface area contributed by atoms with Gasteiger partial charge in [0.2, 0.25) is 0 Å². The predicted molar refractivity (Wildman–Crippen MR) is 75.7 cm³/mol. The molecule has 2 amide bonds. The molecule has 0 aromatic carbocycles. The van der Waals surface area contributed by atoms with Crippen molar-refractivity contribution in [3.63, 3.8) is 0 Å². The molecule has 0 aliphatic carbocycles. The molecular formula is C14H26N2O4. The smallest absolute Gasteiger partial charge is 0.317 e. The largest absolute Gasteiger partial charge is 0.481 e. The summed E-state index contributed by atoms with van der Waals surface area (Å²) >= 11 is 0. The van der Waals surface area contributed by atoms with Crippen molar-refractivity contribution >= 4 is 12.0 Å². The van der Waals surface area contributed by atoms with Crippen LogP contribution in [0.5, 0.6) is 0 Å². The molecule has 1 rings (SSSR count). The van der Waals surface area contributed by atoms with Crippen molar-refractivity contribution in [3.05, 3.63) is 0 Å². The molecule has 1 aliphatic rings. The lowest BCUT2D eigenvalue weighted by atomic mass is 9.78. The van der Waals surface area contributed by atoms with Crippen LogP contribution in [0.25, 0.3) is 0 Å². The van der Waals surface area contributed by atoms with Crippen LogP contribution in [0.15, 0.2) is 0 Å². The van der Waals surface area contributed by atoms with E-state index in [-0.39, 0.29) is 18.7 Å². The Hall–Kier alpha value is -1.30. The average molecular weight is 286 g/mol. The van der Waals surface area contributed by atoms with Gasteiger partial charge in [-0.25, -0.2) is 4.79 Å². The fourth-order valence-electron chi connectivity index (χ4n) is 2.48. The molecule has 116 valence electrons. The standard InChI is InChI=1S/C14H26N2O4/c1-4-14(12(17)18)6-5-8-16(10-14)13(19)15-7-9-20-11(2)3/h11H,4-10H2,1-3H3,(H,15,19)(H,17,18). The van der Waals surface area contributed by atoms with Gasteiger partial charge in [0, 0.05) is 19.6 Å². The van der Waals surface area contributed by atoms with Crippen LogP contribution in [-0.2, 0) is 9.53 Å². The van der Waals surface area contributed by atoms with E-state index in [0.717, 1.165) is 6.42 Å². The lowest BCUT2D eigenvalue weighted by molar-refractivity contribution is -0.152. The number of urea groups is 1. The number of carbonyl (C=O) groups is 2. The van der Waals surface area contributed by atoms with Crippen LogP contribution in [-0.4, -0.2) is 54.4 Å². The van der Waals surface area contributed by atoms with E-state index in [1.807, 2.05) is 20.8 Å². The molecular weight excluding hydrogens is 260 g/mol. The maximum Gasteiger partial charge on any atom is 0.317 e. The lowest BCUT2D eigenvalue weighted by Gasteiger charge is -2.39. The van der Waals surface area contributed by atoms with Crippen LogP contribution in [0.3, 0.4) is 0 Å². The SMILES string of the molecule is CCC1(C(=O)O)CCCN(C(=O)NCCOC(C)C)C1. The second kappa shape index (κ2) is 7.47. The minimum absolute atomic E-state index is 0.140. The molecule has 0 spiro atoms. The van der Waals surface area contributed by atoms with Crippen molar-refractivity contribution in [1.29, 1.82) is 0 Å². The number of carbonyl (C=O) groups excluding carboxylic acids is 1. The van der Waals surface area contributed by atoms with Gasteiger partial charge in [-0.05, 0) is 33.1 Å². The summed E-state index contributed by atoms with van der Waals surface area (Å²) in [5.41, 5.74) is -0.788. The summed E-state index contributed by atoms with van der Waals surface area (Å²) in [5.74, 6) is -0.805. The molecule has 1 fully saturated rings. The van der Waals surface area contributed by atoms with E-state index in [1.54, 1.807) is 4.90 Å². The summed E-state index contributed by atoms with van der Waals surface area (Å²) in [5, 5.41) is 12.2. The minimum Gasteiger partial charge on any atom is -0.481 e. The lowest BCUT2D eigenvalue weighted by Crippen LogP contribution is -2.52. The zero-order valence-electron chi connectivity index (χ0n) is 12.6. The first kappa shape index (κ1) is 16.8.